The second kappa shape index (κ2) is 6.42. The average molecular weight is 248 g/mol. The first-order chi connectivity index (χ1) is 8.78. The molecule has 1 unspecified atom stereocenters. The van der Waals surface area contributed by atoms with Crippen LogP contribution in [0.15, 0.2) is 18.5 Å². The summed E-state index contributed by atoms with van der Waals surface area (Å²) in [4.78, 5) is 0. The zero-order valence-corrected chi connectivity index (χ0v) is 12.2. The van der Waals surface area contributed by atoms with Gasteiger partial charge < -0.3 is 9.88 Å². The maximum Gasteiger partial charge on any atom is 0.0363 e. The molecular weight excluding hydrogens is 220 g/mol. The molecule has 0 amide bonds. The zero-order valence-electron chi connectivity index (χ0n) is 12.2. The highest BCUT2D eigenvalue weighted by atomic mass is 15.0. The van der Waals surface area contributed by atoms with Gasteiger partial charge in [-0.3, -0.25) is 0 Å². The lowest BCUT2D eigenvalue weighted by molar-refractivity contribution is 0.417. The fourth-order valence-corrected chi connectivity index (χ4v) is 2.81. The lowest BCUT2D eigenvalue weighted by atomic mass is 10.0. The summed E-state index contributed by atoms with van der Waals surface area (Å²) in [5, 5.41) is 3.64. The van der Waals surface area contributed by atoms with Gasteiger partial charge in [0, 0.05) is 25.0 Å². The van der Waals surface area contributed by atoms with Crippen molar-refractivity contribution in [2.75, 3.05) is 6.54 Å². The van der Waals surface area contributed by atoms with E-state index in [2.05, 4.69) is 49.1 Å². The molecule has 18 heavy (non-hydrogen) atoms. The first-order valence-corrected chi connectivity index (χ1v) is 7.67. The molecule has 0 saturated heterocycles. The largest absolute Gasteiger partial charge is 0.354 e. The number of rotatable bonds is 8. The van der Waals surface area contributed by atoms with Crippen molar-refractivity contribution in [3.63, 3.8) is 0 Å². The van der Waals surface area contributed by atoms with E-state index in [-0.39, 0.29) is 0 Å². The average Bonchev–Trinajstić information content (AvgIpc) is 3.12. The summed E-state index contributed by atoms with van der Waals surface area (Å²) in [5.41, 5.74) is 1.49. The molecule has 0 spiro atoms. The zero-order chi connectivity index (χ0) is 13.0. The first-order valence-electron chi connectivity index (χ1n) is 7.67. The minimum absolute atomic E-state index is 0.595. The Bertz CT molecular complexity index is 348. The van der Waals surface area contributed by atoms with E-state index < -0.39 is 0 Å². The molecule has 1 fully saturated rings. The van der Waals surface area contributed by atoms with Gasteiger partial charge in [-0.15, -0.1) is 0 Å². The van der Waals surface area contributed by atoms with Gasteiger partial charge in [-0.25, -0.2) is 0 Å². The Morgan fingerprint density at radius 1 is 1.28 bits per heavy atom. The third-order valence-electron chi connectivity index (χ3n) is 4.27. The Morgan fingerprint density at radius 2 is 2.00 bits per heavy atom. The summed E-state index contributed by atoms with van der Waals surface area (Å²) < 4.78 is 2.39. The van der Waals surface area contributed by atoms with Crippen LogP contribution in [0.5, 0.6) is 0 Å². The molecular formula is C16H28N2. The Morgan fingerprint density at radius 3 is 2.56 bits per heavy atom. The molecule has 0 aromatic carbocycles. The molecule has 0 radical (unpaired) electrons. The second-order valence-electron chi connectivity index (χ2n) is 5.70. The van der Waals surface area contributed by atoms with Crippen molar-refractivity contribution in [2.24, 2.45) is 11.8 Å². The molecule has 1 heterocycles. The Labute approximate surface area is 112 Å². The number of aromatic nitrogens is 1. The number of nitrogens with zero attached hydrogens (tertiary/aromatic N) is 1. The van der Waals surface area contributed by atoms with E-state index in [9.17, 15) is 0 Å². The molecule has 0 aliphatic heterocycles. The maximum absolute atomic E-state index is 3.64. The van der Waals surface area contributed by atoms with E-state index in [0.717, 1.165) is 18.4 Å². The molecule has 1 aromatic rings. The third kappa shape index (κ3) is 3.38. The second-order valence-corrected chi connectivity index (χ2v) is 5.70. The van der Waals surface area contributed by atoms with Gasteiger partial charge in [0.2, 0.25) is 0 Å². The smallest absolute Gasteiger partial charge is 0.0363 e. The Balaban J connectivity index is 1.99. The molecule has 2 rings (SSSR count). The van der Waals surface area contributed by atoms with Gasteiger partial charge in [-0.2, -0.15) is 0 Å². The van der Waals surface area contributed by atoms with Crippen LogP contribution >= 0.6 is 0 Å². The van der Waals surface area contributed by atoms with Crippen LogP contribution in [0.2, 0.25) is 0 Å². The van der Waals surface area contributed by atoms with Crippen LogP contribution in [-0.2, 0) is 6.54 Å². The normalized spacial score (nSPS) is 17.3. The summed E-state index contributed by atoms with van der Waals surface area (Å²) in [5.74, 6) is 1.71. The van der Waals surface area contributed by atoms with Crippen molar-refractivity contribution in [2.45, 2.75) is 59.0 Å². The highest BCUT2D eigenvalue weighted by molar-refractivity contribution is 5.18. The van der Waals surface area contributed by atoms with Crippen LogP contribution in [0.25, 0.3) is 0 Å². The fraction of sp³-hybridized carbons (Fsp3) is 0.750. The first kappa shape index (κ1) is 13.7. The number of nitrogens with one attached hydrogen (secondary N) is 1. The van der Waals surface area contributed by atoms with Crippen molar-refractivity contribution in [1.29, 1.82) is 0 Å². The van der Waals surface area contributed by atoms with Gasteiger partial charge in [0.1, 0.15) is 0 Å². The molecule has 1 aromatic heterocycles. The van der Waals surface area contributed by atoms with Crippen LogP contribution in [0.1, 0.15) is 58.1 Å². The molecule has 1 atom stereocenters. The van der Waals surface area contributed by atoms with Gasteiger partial charge in [0.15, 0.2) is 0 Å². The van der Waals surface area contributed by atoms with E-state index in [4.69, 9.17) is 0 Å². The number of hydrogen-bond donors (Lipinski definition) is 1. The molecule has 0 bridgehead atoms. The van der Waals surface area contributed by atoms with Crippen LogP contribution < -0.4 is 5.32 Å². The van der Waals surface area contributed by atoms with E-state index in [1.54, 1.807) is 0 Å². The number of hydrogen-bond acceptors (Lipinski definition) is 1. The van der Waals surface area contributed by atoms with Gasteiger partial charge >= 0.3 is 0 Å². The van der Waals surface area contributed by atoms with Crippen LogP contribution in [0, 0.1) is 11.8 Å². The lowest BCUT2D eigenvalue weighted by Gasteiger charge is -2.16. The third-order valence-corrected chi connectivity index (χ3v) is 4.27. The van der Waals surface area contributed by atoms with Crippen molar-refractivity contribution < 1.29 is 0 Å². The predicted octanol–water partition coefficient (Wildman–Crippen LogP) is 3.98. The van der Waals surface area contributed by atoms with E-state index in [1.165, 1.54) is 37.8 Å². The van der Waals surface area contributed by atoms with Gasteiger partial charge in [-0.05, 0) is 42.9 Å². The fourth-order valence-electron chi connectivity index (χ4n) is 2.81. The Kier molecular flexibility index (Phi) is 4.87. The summed E-state index contributed by atoms with van der Waals surface area (Å²) in [7, 11) is 0. The molecule has 102 valence electrons. The molecule has 2 nitrogen and oxygen atoms in total. The van der Waals surface area contributed by atoms with Crippen molar-refractivity contribution in [3.05, 3.63) is 24.0 Å². The van der Waals surface area contributed by atoms with E-state index in [1.807, 2.05) is 0 Å². The van der Waals surface area contributed by atoms with Crippen molar-refractivity contribution >= 4 is 0 Å². The minimum Gasteiger partial charge on any atom is -0.354 e. The molecule has 1 saturated carbocycles. The lowest BCUT2D eigenvalue weighted by Crippen LogP contribution is -2.22. The predicted molar refractivity (Wildman–Crippen MR) is 77.6 cm³/mol. The SMILES string of the molecule is CCNC(c1ccn(CC(CC)CC)c1)C1CC1. The highest BCUT2D eigenvalue weighted by Crippen LogP contribution is 2.41. The van der Waals surface area contributed by atoms with E-state index in [0.29, 0.717) is 6.04 Å². The Hall–Kier alpha value is -0.760. The molecule has 1 aliphatic rings. The van der Waals surface area contributed by atoms with Gasteiger partial charge in [0.05, 0.1) is 0 Å². The monoisotopic (exact) mass is 248 g/mol. The van der Waals surface area contributed by atoms with Crippen molar-refractivity contribution in [1.82, 2.24) is 9.88 Å². The van der Waals surface area contributed by atoms with E-state index >= 15 is 0 Å². The van der Waals surface area contributed by atoms with Crippen molar-refractivity contribution in [3.8, 4) is 0 Å². The maximum atomic E-state index is 3.64. The molecule has 2 heteroatoms. The molecule has 1 aliphatic carbocycles. The van der Waals surface area contributed by atoms with Gasteiger partial charge in [0.25, 0.3) is 0 Å². The van der Waals surface area contributed by atoms with Crippen LogP contribution in [0.4, 0.5) is 0 Å². The molecule has 1 N–H and O–H groups in total. The summed E-state index contributed by atoms with van der Waals surface area (Å²) in [6, 6.07) is 2.91. The minimum atomic E-state index is 0.595. The van der Waals surface area contributed by atoms with Gasteiger partial charge in [-0.1, -0.05) is 33.6 Å². The summed E-state index contributed by atoms with van der Waals surface area (Å²) in [6.07, 6.45) is 9.99. The topological polar surface area (TPSA) is 17.0 Å². The highest BCUT2D eigenvalue weighted by Gasteiger charge is 2.32. The quantitative estimate of drug-likeness (QED) is 0.736. The summed E-state index contributed by atoms with van der Waals surface area (Å²) in [6.45, 7) is 9.04. The van der Waals surface area contributed by atoms with Crippen LogP contribution in [0.3, 0.4) is 0 Å². The standard InChI is InChI=1S/C16H28N2/c1-4-13(5-2)11-18-10-9-15(12-18)16(17-6-3)14-7-8-14/h9-10,12-14,16-17H,4-8,11H2,1-3H3. The summed E-state index contributed by atoms with van der Waals surface area (Å²) >= 11 is 0. The van der Waals surface area contributed by atoms with Crippen LogP contribution in [-0.4, -0.2) is 11.1 Å².